The number of hydrogen-bond acceptors (Lipinski definition) is 6. The third-order valence-electron chi connectivity index (χ3n) is 2.24. The summed E-state index contributed by atoms with van der Waals surface area (Å²) < 4.78 is 20.8. The Hall–Kier alpha value is -0.240. The molecule has 1 unspecified atom stereocenters. The van der Waals surface area contributed by atoms with E-state index in [1.54, 1.807) is 0 Å². The molecule has 0 aliphatic carbocycles. The highest BCUT2D eigenvalue weighted by Crippen LogP contribution is 1.92. The lowest BCUT2D eigenvalue weighted by molar-refractivity contribution is -0.0375. The summed E-state index contributed by atoms with van der Waals surface area (Å²) in [5.74, 6) is 0. The molecule has 2 N–H and O–H groups in total. The second-order valence-electron chi connectivity index (χ2n) is 4.11. The monoisotopic (exact) mass is 280 g/mol. The van der Waals surface area contributed by atoms with Crippen LogP contribution in [0.25, 0.3) is 0 Å². The minimum Gasteiger partial charge on any atom is -0.394 e. The van der Waals surface area contributed by atoms with Gasteiger partial charge < -0.3 is 29.2 Å². The van der Waals surface area contributed by atoms with Crippen LogP contribution in [0, 0.1) is 0 Å². The molecule has 0 amide bonds. The number of aliphatic hydroxyl groups excluding tert-OH is 2. The maximum absolute atomic E-state index is 9.51. The molecule has 0 saturated heterocycles. The van der Waals surface area contributed by atoms with E-state index in [9.17, 15) is 5.11 Å². The Kier molecular flexibility index (Phi) is 15.6. The van der Waals surface area contributed by atoms with Gasteiger partial charge in [-0.1, -0.05) is 13.3 Å². The standard InChI is InChI=1S/C13H28O6/c1-2-3-5-18-11-13(15)12-19-10-9-17-8-7-16-6-4-14/h13-15H,2-12H2,1H3. The Bertz CT molecular complexity index is 167. The number of rotatable bonds is 15. The average Bonchev–Trinajstić information content (AvgIpc) is 2.42. The minimum absolute atomic E-state index is 0.0291. The van der Waals surface area contributed by atoms with Crippen molar-refractivity contribution in [1.29, 1.82) is 0 Å². The molecule has 0 heterocycles. The zero-order valence-electron chi connectivity index (χ0n) is 11.9. The maximum Gasteiger partial charge on any atom is 0.101 e. The molecule has 0 radical (unpaired) electrons. The van der Waals surface area contributed by atoms with Crippen LogP contribution in [0.1, 0.15) is 19.8 Å². The van der Waals surface area contributed by atoms with Gasteiger partial charge in [0.05, 0.1) is 52.9 Å². The molecule has 0 aliphatic heterocycles. The minimum atomic E-state index is -0.579. The lowest BCUT2D eigenvalue weighted by atomic mass is 10.3. The van der Waals surface area contributed by atoms with Gasteiger partial charge in [0.1, 0.15) is 6.10 Å². The SMILES string of the molecule is CCCCOCC(O)COCCOCCOCCO. The number of unbranched alkanes of at least 4 members (excludes halogenated alkanes) is 1. The van der Waals surface area contributed by atoms with Crippen LogP contribution in [-0.4, -0.2) is 75.8 Å². The van der Waals surface area contributed by atoms with Gasteiger partial charge in [0.2, 0.25) is 0 Å². The van der Waals surface area contributed by atoms with E-state index >= 15 is 0 Å². The van der Waals surface area contributed by atoms with Gasteiger partial charge in [-0.25, -0.2) is 0 Å². The van der Waals surface area contributed by atoms with Crippen LogP contribution in [0.5, 0.6) is 0 Å². The van der Waals surface area contributed by atoms with E-state index in [1.165, 1.54) is 0 Å². The van der Waals surface area contributed by atoms with Gasteiger partial charge in [0.15, 0.2) is 0 Å². The summed E-state index contributed by atoms with van der Waals surface area (Å²) in [7, 11) is 0. The first-order valence-electron chi connectivity index (χ1n) is 6.91. The van der Waals surface area contributed by atoms with E-state index in [0.717, 1.165) is 12.8 Å². The summed E-state index contributed by atoms with van der Waals surface area (Å²) in [6.45, 7) is 5.57. The van der Waals surface area contributed by atoms with Crippen molar-refractivity contribution in [3.05, 3.63) is 0 Å². The number of aliphatic hydroxyl groups is 2. The summed E-state index contributed by atoms with van der Waals surface area (Å²) in [6.07, 6.45) is 1.52. The van der Waals surface area contributed by atoms with E-state index in [0.29, 0.717) is 46.2 Å². The Morgan fingerprint density at radius 2 is 1.32 bits per heavy atom. The van der Waals surface area contributed by atoms with Gasteiger partial charge in [-0.3, -0.25) is 0 Å². The van der Waals surface area contributed by atoms with Crippen molar-refractivity contribution in [1.82, 2.24) is 0 Å². The first kappa shape index (κ1) is 18.8. The molecule has 0 rings (SSSR count). The average molecular weight is 280 g/mol. The maximum atomic E-state index is 9.51. The van der Waals surface area contributed by atoms with Gasteiger partial charge in [0.25, 0.3) is 0 Å². The molecule has 0 aromatic rings. The third kappa shape index (κ3) is 15.7. The van der Waals surface area contributed by atoms with Crippen molar-refractivity contribution in [2.45, 2.75) is 25.9 Å². The largest absolute Gasteiger partial charge is 0.394 e. The van der Waals surface area contributed by atoms with Crippen LogP contribution < -0.4 is 0 Å². The molecule has 0 aliphatic rings. The molecule has 6 nitrogen and oxygen atoms in total. The van der Waals surface area contributed by atoms with Crippen molar-refractivity contribution in [2.24, 2.45) is 0 Å². The molecule has 0 saturated carbocycles. The predicted octanol–water partition coefficient (Wildman–Crippen LogP) is 0.206. The van der Waals surface area contributed by atoms with Gasteiger partial charge in [-0.05, 0) is 6.42 Å². The zero-order valence-corrected chi connectivity index (χ0v) is 11.9. The van der Waals surface area contributed by atoms with Gasteiger partial charge in [0, 0.05) is 6.61 Å². The smallest absolute Gasteiger partial charge is 0.101 e. The first-order valence-corrected chi connectivity index (χ1v) is 6.91. The quantitative estimate of drug-likeness (QED) is 0.417. The molecule has 0 fully saturated rings. The summed E-state index contributed by atoms with van der Waals surface area (Å²) >= 11 is 0. The van der Waals surface area contributed by atoms with Crippen LogP contribution in [0.15, 0.2) is 0 Å². The molecule has 0 bridgehead atoms. The first-order chi connectivity index (χ1) is 9.31. The van der Waals surface area contributed by atoms with Crippen molar-refractivity contribution in [3.8, 4) is 0 Å². The van der Waals surface area contributed by atoms with Crippen molar-refractivity contribution < 1.29 is 29.2 Å². The highest BCUT2D eigenvalue weighted by atomic mass is 16.5. The second-order valence-corrected chi connectivity index (χ2v) is 4.11. The molecule has 6 heteroatoms. The lowest BCUT2D eigenvalue weighted by Gasteiger charge is -2.12. The second kappa shape index (κ2) is 15.8. The van der Waals surface area contributed by atoms with E-state index in [-0.39, 0.29) is 13.2 Å². The fraction of sp³-hybridized carbons (Fsp3) is 1.00. The van der Waals surface area contributed by atoms with E-state index in [1.807, 2.05) is 0 Å². The highest BCUT2D eigenvalue weighted by molar-refractivity contribution is 4.51. The fourth-order valence-corrected chi connectivity index (χ4v) is 1.24. The summed E-state index contributed by atoms with van der Waals surface area (Å²) in [4.78, 5) is 0. The summed E-state index contributed by atoms with van der Waals surface area (Å²) in [5, 5.41) is 18.0. The topological polar surface area (TPSA) is 77.4 Å². The number of hydrogen-bond donors (Lipinski definition) is 2. The molecule has 0 spiro atoms. The zero-order chi connectivity index (χ0) is 14.2. The van der Waals surface area contributed by atoms with Gasteiger partial charge >= 0.3 is 0 Å². The van der Waals surface area contributed by atoms with E-state index in [4.69, 9.17) is 24.1 Å². The normalized spacial score (nSPS) is 12.8. The van der Waals surface area contributed by atoms with Crippen LogP contribution in [0.4, 0.5) is 0 Å². The van der Waals surface area contributed by atoms with Crippen molar-refractivity contribution >= 4 is 0 Å². The Labute approximate surface area is 115 Å². The molecule has 116 valence electrons. The molecular weight excluding hydrogens is 252 g/mol. The summed E-state index contributed by atoms with van der Waals surface area (Å²) in [5.41, 5.74) is 0. The lowest BCUT2D eigenvalue weighted by Crippen LogP contribution is -2.23. The third-order valence-corrected chi connectivity index (χ3v) is 2.24. The van der Waals surface area contributed by atoms with Crippen LogP contribution >= 0.6 is 0 Å². The Morgan fingerprint density at radius 3 is 1.89 bits per heavy atom. The molecule has 0 aromatic heterocycles. The number of ether oxygens (including phenoxy) is 4. The van der Waals surface area contributed by atoms with Gasteiger partial charge in [-0.15, -0.1) is 0 Å². The highest BCUT2D eigenvalue weighted by Gasteiger charge is 2.03. The van der Waals surface area contributed by atoms with Crippen molar-refractivity contribution in [3.63, 3.8) is 0 Å². The molecule has 1 atom stereocenters. The fourth-order valence-electron chi connectivity index (χ4n) is 1.24. The van der Waals surface area contributed by atoms with Gasteiger partial charge in [-0.2, -0.15) is 0 Å². The van der Waals surface area contributed by atoms with E-state index in [2.05, 4.69) is 6.92 Å². The van der Waals surface area contributed by atoms with Crippen LogP contribution in [-0.2, 0) is 18.9 Å². The Morgan fingerprint density at radius 1 is 0.789 bits per heavy atom. The van der Waals surface area contributed by atoms with Crippen LogP contribution in [0.3, 0.4) is 0 Å². The van der Waals surface area contributed by atoms with Crippen molar-refractivity contribution in [2.75, 3.05) is 59.5 Å². The van der Waals surface area contributed by atoms with E-state index < -0.39 is 6.10 Å². The Balaban J connectivity index is 3.07. The molecule has 19 heavy (non-hydrogen) atoms. The predicted molar refractivity (Wildman–Crippen MR) is 71.3 cm³/mol. The summed E-state index contributed by atoms with van der Waals surface area (Å²) in [6, 6.07) is 0. The molecular formula is C13H28O6. The molecule has 0 aromatic carbocycles. The van der Waals surface area contributed by atoms with Crippen LogP contribution in [0.2, 0.25) is 0 Å².